The van der Waals surface area contributed by atoms with Gasteiger partial charge < -0.3 is 4.74 Å². The van der Waals surface area contributed by atoms with Crippen LogP contribution in [0.1, 0.15) is 18.1 Å². The number of amidine groups is 1. The molecule has 0 saturated heterocycles. The maximum absolute atomic E-state index is 13.0. The molecule has 0 fully saturated rings. The molecule has 0 unspecified atom stereocenters. The van der Waals surface area contributed by atoms with E-state index in [0.717, 1.165) is 28.3 Å². The Bertz CT molecular complexity index is 836. The van der Waals surface area contributed by atoms with E-state index in [1.165, 1.54) is 0 Å². The van der Waals surface area contributed by atoms with E-state index in [1.54, 1.807) is 28.8 Å². The van der Waals surface area contributed by atoms with Crippen molar-refractivity contribution in [2.45, 2.75) is 26.8 Å². The van der Waals surface area contributed by atoms with E-state index in [-0.39, 0.29) is 18.6 Å². The maximum atomic E-state index is 13.0. The first-order valence-corrected chi connectivity index (χ1v) is 9.80. The molecule has 2 aromatic rings. The van der Waals surface area contributed by atoms with E-state index in [4.69, 9.17) is 16.3 Å². The predicted molar refractivity (Wildman–Crippen MR) is 110 cm³/mol. The van der Waals surface area contributed by atoms with E-state index >= 15 is 0 Å². The summed E-state index contributed by atoms with van der Waals surface area (Å²) in [5.41, 5.74) is 2.91. The average molecular weight is 389 g/mol. The van der Waals surface area contributed by atoms with Crippen LogP contribution in [0.2, 0.25) is 5.02 Å². The first-order chi connectivity index (χ1) is 12.5. The van der Waals surface area contributed by atoms with Gasteiger partial charge in [0.15, 0.2) is 11.8 Å². The number of amides is 1. The fourth-order valence-electron chi connectivity index (χ4n) is 2.62. The van der Waals surface area contributed by atoms with Gasteiger partial charge in [0.05, 0.1) is 11.7 Å². The Morgan fingerprint density at radius 3 is 2.65 bits per heavy atom. The molecule has 0 radical (unpaired) electrons. The summed E-state index contributed by atoms with van der Waals surface area (Å²) in [6.07, 6.45) is 0. The van der Waals surface area contributed by atoms with Crippen molar-refractivity contribution in [1.29, 1.82) is 0 Å². The number of carbonyl (C=O) groups excluding carboxylic acids is 1. The molecule has 4 nitrogen and oxygen atoms in total. The van der Waals surface area contributed by atoms with E-state index in [9.17, 15) is 4.79 Å². The summed E-state index contributed by atoms with van der Waals surface area (Å²) in [7, 11) is 0. The number of aliphatic imine (C=N–C) groups is 1. The molecule has 2 aromatic carbocycles. The van der Waals surface area contributed by atoms with Crippen LogP contribution in [0.25, 0.3) is 0 Å². The van der Waals surface area contributed by atoms with Crippen LogP contribution in [0.4, 0.5) is 5.69 Å². The molecule has 1 aliphatic rings. The smallest absolute Gasteiger partial charge is 0.271 e. The van der Waals surface area contributed by atoms with Crippen LogP contribution in [0.3, 0.4) is 0 Å². The number of rotatable bonds is 4. The lowest BCUT2D eigenvalue weighted by Crippen LogP contribution is -2.38. The predicted octanol–water partition coefficient (Wildman–Crippen LogP) is 4.86. The van der Waals surface area contributed by atoms with Crippen LogP contribution in [0, 0.1) is 13.8 Å². The van der Waals surface area contributed by atoms with Crippen molar-refractivity contribution in [1.82, 2.24) is 0 Å². The Hall–Kier alpha value is -1.98. The lowest BCUT2D eigenvalue weighted by atomic mass is 10.1. The second-order valence-corrected chi connectivity index (χ2v) is 7.69. The van der Waals surface area contributed by atoms with Gasteiger partial charge in [-0.15, -0.1) is 0 Å². The van der Waals surface area contributed by atoms with Crippen LogP contribution in [-0.4, -0.2) is 29.5 Å². The number of ether oxygens (including phenoxy) is 1. The third kappa shape index (κ3) is 4.22. The highest BCUT2D eigenvalue weighted by Crippen LogP contribution is 2.27. The maximum Gasteiger partial charge on any atom is 0.271 e. The summed E-state index contributed by atoms with van der Waals surface area (Å²) in [5, 5.41) is 1.33. The molecule has 0 saturated carbocycles. The zero-order valence-electron chi connectivity index (χ0n) is 15.0. The minimum Gasteiger partial charge on any atom is -0.483 e. The Morgan fingerprint density at radius 1 is 1.27 bits per heavy atom. The highest BCUT2D eigenvalue weighted by molar-refractivity contribution is 8.14. The lowest BCUT2D eigenvalue weighted by molar-refractivity contribution is -0.119. The van der Waals surface area contributed by atoms with Crippen molar-refractivity contribution in [2.75, 3.05) is 17.3 Å². The number of halogens is 1. The van der Waals surface area contributed by atoms with E-state index in [1.807, 2.05) is 51.1 Å². The van der Waals surface area contributed by atoms with E-state index in [0.29, 0.717) is 10.2 Å². The quantitative estimate of drug-likeness (QED) is 0.751. The molecule has 1 heterocycles. The number of carbonyl (C=O) groups is 1. The van der Waals surface area contributed by atoms with Crippen molar-refractivity contribution >= 4 is 40.1 Å². The molecule has 1 aliphatic heterocycles. The van der Waals surface area contributed by atoms with Crippen molar-refractivity contribution < 1.29 is 9.53 Å². The number of benzene rings is 2. The van der Waals surface area contributed by atoms with Crippen molar-refractivity contribution in [3.63, 3.8) is 0 Å². The van der Waals surface area contributed by atoms with E-state index < -0.39 is 0 Å². The van der Waals surface area contributed by atoms with Gasteiger partial charge in [-0.2, -0.15) is 0 Å². The molecule has 0 spiro atoms. The van der Waals surface area contributed by atoms with Gasteiger partial charge in [0.2, 0.25) is 0 Å². The zero-order valence-corrected chi connectivity index (χ0v) is 16.6. The zero-order chi connectivity index (χ0) is 18.7. The molecule has 3 rings (SSSR count). The summed E-state index contributed by atoms with van der Waals surface area (Å²) in [5.74, 6) is 1.43. The molecule has 0 aliphatic carbocycles. The van der Waals surface area contributed by atoms with Crippen LogP contribution >= 0.6 is 23.4 Å². The summed E-state index contributed by atoms with van der Waals surface area (Å²) in [6.45, 7) is 6.00. The largest absolute Gasteiger partial charge is 0.483 e. The van der Waals surface area contributed by atoms with Gasteiger partial charge in [-0.1, -0.05) is 35.5 Å². The van der Waals surface area contributed by atoms with Gasteiger partial charge in [0.25, 0.3) is 5.91 Å². The molecule has 1 atom stereocenters. The highest BCUT2D eigenvalue weighted by atomic mass is 35.5. The van der Waals surface area contributed by atoms with Crippen molar-refractivity contribution in [3.05, 3.63) is 58.6 Å². The average Bonchev–Trinajstić information content (AvgIpc) is 3.04. The van der Waals surface area contributed by atoms with Crippen molar-refractivity contribution in [3.8, 4) is 5.75 Å². The monoisotopic (exact) mass is 388 g/mol. The number of anilines is 1. The fraction of sp³-hybridized carbons (Fsp3) is 0.300. The molecule has 0 aromatic heterocycles. The first kappa shape index (κ1) is 18.8. The van der Waals surface area contributed by atoms with Crippen molar-refractivity contribution in [2.24, 2.45) is 4.99 Å². The molecule has 26 heavy (non-hydrogen) atoms. The van der Waals surface area contributed by atoms with Gasteiger partial charge in [-0.05, 0) is 62.2 Å². The Morgan fingerprint density at radius 2 is 2.00 bits per heavy atom. The van der Waals surface area contributed by atoms with Crippen LogP contribution in [-0.2, 0) is 4.79 Å². The fourth-order valence-corrected chi connectivity index (χ4v) is 3.80. The summed E-state index contributed by atoms with van der Waals surface area (Å²) in [6, 6.07) is 13.2. The van der Waals surface area contributed by atoms with Gasteiger partial charge in [0, 0.05) is 10.8 Å². The Kier molecular flexibility index (Phi) is 5.89. The van der Waals surface area contributed by atoms with Crippen LogP contribution in [0.5, 0.6) is 5.75 Å². The van der Waals surface area contributed by atoms with E-state index in [2.05, 4.69) is 4.99 Å². The summed E-state index contributed by atoms with van der Waals surface area (Å²) >= 11 is 7.57. The third-order valence-corrected chi connectivity index (χ3v) is 5.66. The van der Waals surface area contributed by atoms with Gasteiger partial charge in [-0.3, -0.25) is 14.7 Å². The second-order valence-electron chi connectivity index (χ2n) is 6.26. The standard InChI is InChI=1S/C20H21ClN2O2S/c1-13-5-4-6-18(15(13)3)25-11-19(24)23(20-22-14(2)12-26-20)17-9-7-16(21)8-10-17/h4-10,14H,11-12H2,1-3H3/t14-/m0/s1. The van der Waals surface area contributed by atoms with Gasteiger partial charge in [0.1, 0.15) is 5.75 Å². The third-order valence-electron chi connectivity index (χ3n) is 4.22. The number of nitrogens with zero attached hydrogens (tertiary/aromatic N) is 2. The van der Waals surface area contributed by atoms with Gasteiger partial charge in [-0.25, -0.2) is 0 Å². The van der Waals surface area contributed by atoms with Crippen LogP contribution < -0.4 is 9.64 Å². The molecule has 0 bridgehead atoms. The number of thioether (sulfide) groups is 1. The number of aryl methyl sites for hydroxylation is 1. The summed E-state index contributed by atoms with van der Waals surface area (Å²) in [4.78, 5) is 19.2. The first-order valence-electron chi connectivity index (χ1n) is 8.44. The molecular weight excluding hydrogens is 368 g/mol. The molecule has 6 heteroatoms. The number of hydrogen-bond acceptors (Lipinski definition) is 4. The topological polar surface area (TPSA) is 41.9 Å². The molecule has 1 amide bonds. The number of hydrogen-bond donors (Lipinski definition) is 0. The van der Waals surface area contributed by atoms with Crippen LogP contribution in [0.15, 0.2) is 47.5 Å². The Balaban J connectivity index is 1.82. The normalized spacial score (nSPS) is 16.3. The minimum atomic E-state index is -0.159. The molecular formula is C20H21ClN2O2S. The lowest BCUT2D eigenvalue weighted by Gasteiger charge is -2.22. The summed E-state index contributed by atoms with van der Waals surface area (Å²) < 4.78 is 5.81. The second kappa shape index (κ2) is 8.14. The minimum absolute atomic E-state index is 0.0547. The Labute approximate surface area is 163 Å². The highest BCUT2D eigenvalue weighted by Gasteiger charge is 2.27. The SMILES string of the molecule is Cc1cccc(OCC(=O)N(C2=N[C@@H](C)CS2)c2ccc(Cl)cc2)c1C. The molecule has 136 valence electrons. The van der Waals surface area contributed by atoms with Gasteiger partial charge >= 0.3 is 0 Å². The molecule has 0 N–H and O–H groups in total.